The number of carbonyl (C=O) groups excluding carboxylic acids is 1. The van der Waals surface area contributed by atoms with Gasteiger partial charge in [-0.1, -0.05) is 6.08 Å². The van der Waals surface area contributed by atoms with E-state index < -0.39 is 5.66 Å². The SMILES string of the molecule is NC1=NC2n3cccc3C(=O)N3CC=CC23N1. The molecule has 86 valence electrons. The first-order valence-corrected chi connectivity index (χ1v) is 5.50. The normalized spacial score (nSPS) is 32.9. The van der Waals surface area contributed by atoms with Crippen molar-refractivity contribution in [2.75, 3.05) is 6.54 Å². The van der Waals surface area contributed by atoms with E-state index in [1.54, 1.807) is 4.90 Å². The Balaban J connectivity index is 2.00. The second kappa shape index (κ2) is 2.53. The van der Waals surface area contributed by atoms with E-state index in [-0.39, 0.29) is 12.1 Å². The fourth-order valence-corrected chi connectivity index (χ4v) is 2.90. The van der Waals surface area contributed by atoms with Crippen LogP contribution >= 0.6 is 0 Å². The Labute approximate surface area is 97.4 Å². The van der Waals surface area contributed by atoms with Crippen LogP contribution in [0.1, 0.15) is 16.7 Å². The number of amides is 1. The summed E-state index contributed by atoms with van der Waals surface area (Å²) in [6, 6.07) is 3.67. The smallest absolute Gasteiger partial charge is 0.273 e. The first kappa shape index (κ1) is 8.86. The van der Waals surface area contributed by atoms with Crippen LogP contribution in [0.4, 0.5) is 0 Å². The molecule has 0 radical (unpaired) electrons. The summed E-state index contributed by atoms with van der Waals surface area (Å²) < 4.78 is 1.88. The van der Waals surface area contributed by atoms with Crippen LogP contribution in [-0.2, 0) is 0 Å². The van der Waals surface area contributed by atoms with Gasteiger partial charge in [0.05, 0.1) is 0 Å². The van der Waals surface area contributed by atoms with E-state index >= 15 is 0 Å². The number of aliphatic imine (C=N–C) groups is 1. The molecule has 1 aromatic rings. The molecule has 17 heavy (non-hydrogen) atoms. The monoisotopic (exact) mass is 229 g/mol. The zero-order chi connectivity index (χ0) is 11.6. The summed E-state index contributed by atoms with van der Waals surface area (Å²) in [6.07, 6.45) is 5.61. The number of nitrogens with two attached hydrogens (primary N) is 1. The number of carbonyl (C=O) groups is 1. The lowest BCUT2D eigenvalue weighted by molar-refractivity contribution is 0.0421. The molecule has 4 heterocycles. The first-order valence-electron chi connectivity index (χ1n) is 5.50. The van der Waals surface area contributed by atoms with E-state index in [9.17, 15) is 4.79 Å². The van der Waals surface area contributed by atoms with Crippen molar-refractivity contribution in [2.24, 2.45) is 10.7 Å². The minimum Gasteiger partial charge on any atom is -0.370 e. The van der Waals surface area contributed by atoms with E-state index in [0.717, 1.165) is 0 Å². The van der Waals surface area contributed by atoms with Crippen LogP contribution in [0.2, 0.25) is 0 Å². The highest BCUT2D eigenvalue weighted by Crippen LogP contribution is 2.41. The fourth-order valence-electron chi connectivity index (χ4n) is 2.90. The molecule has 0 fully saturated rings. The van der Waals surface area contributed by atoms with Gasteiger partial charge in [-0.3, -0.25) is 4.79 Å². The lowest BCUT2D eigenvalue weighted by Gasteiger charge is -2.42. The quantitative estimate of drug-likeness (QED) is 0.596. The van der Waals surface area contributed by atoms with Gasteiger partial charge in [0, 0.05) is 12.7 Å². The van der Waals surface area contributed by atoms with Crippen molar-refractivity contribution in [1.29, 1.82) is 0 Å². The molecule has 0 aromatic carbocycles. The summed E-state index contributed by atoms with van der Waals surface area (Å²) >= 11 is 0. The third-order valence-corrected chi connectivity index (χ3v) is 3.60. The maximum atomic E-state index is 12.3. The number of fused-ring (bicyclic) bond motifs is 2. The van der Waals surface area contributed by atoms with Gasteiger partial charge in [-0.2, -0.15) is 0 Å². The Hall–Kier alpha value is -2.24. The molecule has 6 nitrogen and oxygen atoms in total. The lowest BCUT2D eigenvalue weighted by Crippen LogP contribution is -2.63. The summed E-state index contributed by atoms with van der Waals surface area (Å²) in [4.78, 5) is 18.5. The standard InChI is InChI=1S/C11H11N5O/c12-10-13-9-11(14-10)4-2-6-16(11)8(17)7-3-1-5-15(7)9/h1-5,9H,6H2,(H3,12,13,14). The molecule has 2 unspecified atom stereocenters. The first-order chi connectivity index (χ1) is 8.22. The van der Waals surface area contributed by atoms with Crippen molar-refractivity contribution >= 4 is 11.9 Å². The van der Waals surface area contributed by atoms with Gasteiger partial charge in [0.15, 0.2) is 17.8 Å². The third-order valence-electron chi connectivity index (χ3n) is 3.60. The predicted molar refractivity (Wildman–Crippen MR) is 61.1 cm³/mol. The summed E-state index contributed by atoms with van der Waals surface area (Å²) in [7, 11) is 0. The highest BCUT2D eigenvalue weighted by Gasteiger charge is 2.55. The van der Waals surface area contributed by atoms with Crippen LogP contribution in [-0.4, -0.2) is 33.5 Å². The predicted octanol–water partition coefficient (Wildman–Crippen LogP) is -0.374. The molecule has 2 atom stereocenters. The van der Waals surface area contributed by atoms with Crippen LogP contribution in [0.15, 0.2) is 35.5 Å². The molecule has 4 rings (SSSR count). The van der Waals surface area contributed by atoms with Crippen LogP contribution < -0.4 is 11.1 Å². The van der Waals surface area contributed by atoms with Crippen molar-refractivity contribution in [1.82, 2.24) is 14.8 Å². The molecule has 3 aliphatic rings. The Bertz CT molecular complexity index is 586. The minimum atomic E-state index is -0.604. The minimum absolute atomic E-state index is 0.00801. The third kappa shape index (κ3) is 0.834. The number of guanidine groups is 1. The zero-order valence-corrected chi connectivity index (χ0v) is 9.00. The van der Waals surface area contributed by atoms with E-state index in [2.05, 4.69) is 10.3 Å². The molecule has 1 amide bonds. The Kier molecular flexibility index (Phi) is 1.32. The summed E-state index contributed by atoms with van der Waals surface area (Å²) in [6.45, 7) is 0.594. The van der Waals surface area contributed by atoms with Gasteiger partial charge in [-0.05, 0) is 18.2 Å². The lowest BCUT2D eigenvalue weighted by atomic mass is 10.0. The van der Waals surface area contributed by atoms with E-state index in [0.29, 0.717) is 18.2 Å². The van der Waals surface area contributed by atoms with Crippen LogP contribution in [0.3, 0.4) is 0 Å². The Morgan fingerprint density at radius 2 is 2.47 bits per heavy atom. The van der Waals surface area contributed by atoms with E-state index in [1.807, 2.05) is 35.0 Å². The number of rotatable bonds is 0. The van der Waals surface area contributed by atoms with Crippen molar-refractivity contribution in [2.45, 2.75) is 11.8 Å². The van der Waals surface area contributed by atoms with Gasteiger partial charge in [0.2, 0.25) is 0 Å². The Morgan fingerprint density at radius 1 is 1.59 bits per heavy atom. The maximum Gasteiger partial charge on any atom is 0.273 e. The average molecular weight is 229 g/mol. The van der Waals surface area contributed by atoms with Crippen molar-refractivity contribution < 1.29 is 4.79 Å². The average Bonchev–Trinajstić information content (AvgIpc) is 2.96. The van der Waals surface area contributed by atoms with Gasteiger partial charge in [0.25, 0.3) is 5.91 Å². The zero-order valence-electron chi connectivity index (χ0n) is 9.00. The van der Waals surface area contributed by atoms with Crippen LogP contribution in [0.25, 0.3) is 0 Å². The van der Waals surface area contributed by atoms with Gasteiger partial charge >= 0.3 is 0 Å². The van der Waals surface area contributed by atoms with Gasteiger partial charge in [-0.25, -0.2) is 4.99 Å². The molecule has 3 aliphatic heterocycles. The van der Waals surface area contributed by atoms with E-state index in [4.69, 9.17) is 5.73 Å². The highest BCUT2D eigenvalue weighted by molar-refractivity contribution is 5.96. The van der Waals surface area contributed by atoms with Crippen molar-refractivity contribution in [3.63, 3.8) is 0 Å². The molecule has 6 heteroatoms. The number of hydrogen-bond acceptors (Lipinski definition) is 4. The molecule has 0 bridgehead atoms. The number of nitrogens with zero attached hydrogens (tertiary/aromatic N) is 3. The second-order valence-electron chi connectivity index (χ2n) is 4.46. The summed E-state index contributed by atoms with van der Waals surface area (Å²) in [5, 5.41) is 3.12. The Morgan fingerprint density at radius 3 is 3.35 bits per heavy atom. The van der Waals surface area contributed by atoms with Gasteiger partial charge in [0.1, 0.15) is 5.69 Å². The molecule has 1 spiro atoms. The molecule has 0 saturated carbocycles. The summed E-state index contributed by atoms with van der Waals surface area (Å²) in [5.41, 5.74) is 5.83. The molecule has 3 N–H and O–H groups in total. The van der Waals surface area contributed by atoms with Crippen molar-refractivity contribution in [3.8, 4) is 0 Å². The van der Waals surface area contributed by atoms with Crippen molar-refractivity contribution in [3.05, 3.63) is 36.2 Å². The largest absolute Gasteiger partial charge is 0.370 e. The van der Waals surface area contributed by atoms with Gasteiger partial charge in [-0.15, -0.1) is 0 Å². The maximum absolute atomic E-state index is 12.3. The molecule has 0 aliphatic carbocycles. The van der Waals surface area contributed by atoms with E-state index in [1.165, 1.54) is 0 Å². The topological polar surface area (TPSA) is 75.6 Å². The second-order valence-corrected chi connectivity index (χ2v) is 4.46. The number of hydrogen-bond donors (Lipinski definition) is 2. The number of nitrogens with one attached hydrogen (secondary N) is 1. The summed E-state index contributed by atoms with van der Waals surface area (Å²) in [5.74, 6) is 0.384. The molecular weight excluding hydrogens is 218 g/mol. The fraction of sp³-hybridized carbons (Fsp3) is 0.273. The molecular formula is C11H11N5O. The van der Waals surface area contributed by atoms with Crippen LogP contribution in [0, 0.1) is 0 Å². The molecule has 0 saturated heterocycles. The molecule has 1 aromatic heterocycles. The number of aromatic nitrogens is 1. The highest BCUT2D eigenvalue weighted by atomic mass is 16.2. The van der Waals surface area contributed by atoms with Gasteiger partial charge < -0.3 is 20.5 Å². The van der Waals surface area contributed by atoms with Crippen LogP contribution in [0.5, 0.6) is 0 Å².